The van der Waals surface area contributed by atoms with E-state index in [-0.39, 0.29) is 13.0 Å². The van der Waals surface area contributed by atoms with Gasteiger partial charge in [0, 0.05) is 18.1 Å². The van der Waals surface area contributed by atoms with Crippen LogP contribution in [0.3, 0.4) is 0 Å². The van der Waals surface area contributed by atoms with E-state index in [4.69, 9.17) is 14.2 Å². The number of esters is 1. The molecule has 1 saturated heterocycles. The fraction of sp³-hybridized carbons (Fsp3) is 0.273. The molecule has 1 fully saturated rings. The minimum Gasteiger partial charge on any atom is -0.497 e. The second kappa shape index (κ2) is 10.3. The first-order chi connectivity index (χ1) is 15.4. The number of hydrogen-bond acceptors (Lipinski definition) is 7. The molecule has 2 N–H and O–H groups in total. The first-order valence-corrected chi connectivity index (χ1v) is 9.76. The summed E-state index contributed by atoms with van der Waals surface area (Å²) in [6.07, 6.45) is -0.123. The average molecular weight is 441 g/mol. The van der Waals surface area contributed by atoms with Crippen molar-refractivity contribution >= 4 is 29.4 Å². The molecule has 0 bridgehead atoms. The number of benzene rings is 2. The number of ether oxygens (including phenoxy) is 3. The Morgan fingerprint density at radius 2 is 1.81 bits per heavy atom. The van der Waals surface area contributed by atoms with Crippen LogP contribution in [0.5, 0.6) is 11.5 Å². The number of amides is 3. The van der Waals surface area contributed by atoms with Crippen LogP contribution in [0.25, 0.3) is 0 Å². The van der Waals surface area contributed by atoms with Crippen molar-refractivity contribution in [2.45, 2.75) is 6.42 Å². The van der Waals surface area contributed by atoms with Crippen LogP contribution in [-0.4, -0.2) is 56.1 Å². The molecule has 2 aromatic rings. The first-order valence-electron chi connectivity index (χ1n) is 9.76. The van der Waals surface area contributed by atoms with E-state index < -0.39 is 36.2 Å². The fourth-order valence-corrected chi connectivity index (χ4v) is 3.09. The topological polar surface area (TPSA) is 123 Å². The number of rotatable bonds is 8. The summed E-state index contributed by atoms with van der Waals surface area (Å²) in [5.74, 6) is -1.99. The third-order valence-corrected chi connectivity index (χ3v) is 4.76. The number of carbonyl (C=O) groups is 4. The van der Waals surface area contributed by atoms with Crippen molar-refractivity contribution in [2.24, 2.45) is 5.92 Å². The molecule has 3 rings (SSSR count). The number of hydrogen-bond donors (Lipinski definition) is 2. The molecule has 0 spiro atoms. The molecular formula is C22H23N3O7. The Kier molecular flexibility index (Phi) is 7.27. The number of hydrazine groups is 1. The molecule has 1 aliphatic heterocycles. The molecule has 10 nitrogen and oxygen atoms in total. The Bertz CT molecular complexity index is 1010. The van der Waals surface area contributed by atoms with E-state index >= 15 is 0 Å². The SMILES string of the molecule is COc1ccc(NC(=O)COC(=O)[C@@H]2CC(=O)N(NC(=O)c3ccccc3)C2)c(OC)c1. The van der Waals surface area contributed by atoms with Crippen LogP contribution in [-0.2, 0) is 19.1 Å². The van der Waals surface area contributed by atoms with E-state index in [0.717, 1.165) is 5.01 Å². The Balaban J connectivity index is 1.49. The Hall–Kier alpha value is -4.08. The molecule has 0 aromatic heterocycles. The Morgan fingerprint density at radius 1 is 1.06 bits per heavy atom. The molecule has 0 unspecified atom stereocenters. The molecule has 0 saturated carbocycles. The maximum atomic E-state index is 12.3. The van der Waals surface area contributed by atoms with E-state index in [1.165, 1.54) is 14.2 Å². The minimum absolute atomic E-state index is 0.0375. The molecule has 2 aromatic carbocycles. The van der Waals surface area contributed by atoms with E-state index in [0.29, 0.717) is 22.7 Å². The van der Waals surface area contributed by atoms with Gasteiger partial charge in [0.25, 0.3) is 11.8 Å². The Morgan fingerprint density at radius 3 is 2.50 bits per heavy atom. The van der Waals surface area contributed by atoms with Gasteiger partial charge in [0.05, 0.1) is 32.4 Å². The van der Waals surface area contributed by atoms with Crippen molar-refractivity contribution < 1.29 is 33.4 Å². The highest BCUT2D eigenvalue weighted by molar-refractivity contribution is 5.97. The molecule has 0 aliphatic carbocycles. The van der Waals surface area contributed by atoms with Gasteiger partial charge in [0.1, 0.15) is 11.5 Å². The van der Waals surface area contributed by atoms with Crippen LogP contribution in [0.15, 0.2) is 48.5 Å². The maximum absolute atomic E-state index is 12.3. The molecule has 1 atom stereocenters. The van der Waals surface area contributed by atoms with Crippen molar-refractivity contribution in [1.29, 1.82) is 0 Å². The molecular weight excluding hydrogens is 418 g/mol. The first kappa shape index (κ1) is 22.6. The average Bonchev–Trinajstić information content (AvgIpc) is 3.18. The van der Waals surface area contributed by atoms with Gasteiger partial charge in [-0.3, -0.25) is 29.6 Å². The lowest BCUT2D eigenvalue weighted by Gasteiger charge is -2.17. The normalized spacial score (nSPS) is 15.1. The second-order valence-electron chi connectivity index (χ2n) is 6.93. The quantitative estimate of drug-likeness (QED) is 0.593. The van der Waals surface area contributed by atoms with E-state index in [9.17, 15) is 19.2 Å². The number of anilines is 1. The number of nitrogens with zero attached hydrogens (tertiary/aromatic N) is 1. The van der Waals surface area contributed by atoms with Crippen LogP contribution in [0.4, 0.5) is 5.69 Å². The number of methoxy groups -OCH3 is 2. The van der Waals surface area contributed by atoms with Gasteiger partial charge in [-0.25, -0.2) is 0 Å². The summed E-state index contributed by atoms with van der Waals surface area (Å²) < 4.78 is 15.4. The van der Waals surface area contributed by atoms with E-state index in [1.54, 1.807) is 48.5 Å². The van der Waals surface area contributed by atoms with Crippen LogP contribution < -0.4 is 20.2 Å². The summed E-state index contributed by atoms with van der Waals surface area (Å²) in [7, 11) is 2.96. The van der Waals surface area contributed by atoms with Crippen LogP contribution in [0.2, 0.25) is 0 Å². The summed E-state index contributed by atoms with van der Waals surface area (Å²) in [5, 5.41) is 3.68. The van der Waals surface area contributed by atoms with Crippen molar-refractivity contribution in [3.63, 3.8) is 0 Å². The largest absolute Gasteiger partial charge is 0.497 e. The zero-order valence-corrected chi connectivity index (χ0v) is 17.6. The molecule has 10 heteroatoms. The lowest BCUT2D eigenvalue weighted by molar-refractivity contribution is -0.151. The van der Waals surface area contributed by atoms with Gasteiger partial charge in [0.15, 0.2) is 6.61 Å². The van der Waals surface area contributed by atoms with Gasteiger partial charge >= 0.3 is 5.97 Å². The smallest absolute Gasteiger partial charge is 0.311 e. The van der Waals surface area contributed by atoms with E-state index in [2.05, 4.69) is 10.7 Å². The van der Waals surface area contributed by atoms with Crippen LogP contribution in [0.1, 0.15) is 16.8 Å². The van der Waals surface area contributed by atoms with Gasteiger partial charge in [-0.15, -0.1) is 0 Å². The van der Waals surface area contributed by atoms with Crippen molar-refractivity contribution in [3.05, 3.63) is 54.1 Å². The summed E-state index contributed by atoms with van der Waals surface area (Å²) in [4.78, 5) is 48.9. The molecule has 1 aliphatic rings. The van der Waals surface area contributed by atoms with Gasteiger partial charge in [-0.1, -0.05) is 18.2 Å². The number of carbonyl (C=O) groups excluding carboxylic acids is 4. The highest BCUT2D eigenvalue weighted by Crippen LogP contribution is 2.29. The highest BCUT2D eigenvalue weighted by Gasteiger charge is 2.36. The van der Waals surface area contributed by atoms with Crippen LogP contribution >= 0.6 is 0 Å². The summed E-state index contributed by atoms with van der Waals surface area (Å²) in [5.41, 5.74) is 3.26. The maximum Gasteiger partial charge on any atom is 0.311 e. The number of nitrogens with one attached hydrogen (secondary N) is 2. The molecule has 168 valence electrons. The predicted octanol–water partition coefficient (Wildman–Crippen LogP) is 1.38. The minimum atomic E-state index is -0.790. The second-order valence-corrected chi connectivity index (χ2v) is 6.93. The van der Waals surface area contributed by atoms with Gasteiger partial charge in [-0.05, 0) is 24.3 Å². The van der Waals surface area contributed by atoms with Crippen molar-refractivity contribution in [2.75, 3.05) is 32.7 Å². The fourth-order valence-electron chi connectivity index (χ4n) is 3.09. The monoisotopic (exact) mass is 441 g/mol. The summed E-state index contributed by atoms with van der Waals surface area (Å²) in [6.45, 7) is -0.570. The molecule has 3 amide bonds. The standard InChI is InChI=1S/C22H23N3O7/c1-30-16-8-9-17(18(11-16)31-2)23-19(26)13-32-22(29)15-10-20(27)25(12-15)24-21(28)14-6-4-3-5-7-14/h3-9,11,15H,10,12-13H2,1-2H3,(H,23,26)(H,24,28)/t15-/m1/s1. The lowest BCUT2D eigenvalue weighted by atomic mass is 10.1. The highest BCUT2D eigenvalue weighted by atomic mass is 16.5. The Labute approximate surface area is 184 Å². The third kappa shape index (κ3) is 5.54. The van der Waals surface area contributed by atoms with Gasteiger partial charge < -0.3 is 19.5 Å². The molecule has 0 radical (unpaired) electrons. The van der Waals surface area contributed by atoms with Gasteiger partial charge in [0.2, 0.25) is 5.91 Å². The third-order valence-electron chi connectivity index (χ3n) is 4.76. The predicted molar refractivity (Wildman–Crippen MR) is 113 cm³/mol. The van der Waals surface area contributed by atoms with E-state index in [1.807, 2.05) is 0 Å². The van der Waals surface area contributed by atoms with Crippen molar-refractivity contribution in [1.82, 2.24) is 10.4 Å². The van der Waals surface area contributed by atoms with Gasteiger partial charge in [-0.2, -0.15) is 0 Å². The lowest BCUT2D eigenvalue weighted by Crippen LogP contribution is -2.43. The van der Waals surface area contributed by atoms with Crippen LogP contribution in [0, 0.1) is 5.92 Å². The molecule has 32 heavy (non-hydrogen) atoms. The summed E-state index contributed by atoms with van der Waals surface area (Å²) in [6, 6.07) is 13.2. The summed E-state index contributed by atoms with van der Waals surface area (Å²) >= 11 is 0. The molecule has 1 heterocycles. The zero-order valence-electron chi connectivity index (χ0n) is 17.6. The zero-order chi connectivity index (χ0) is 23.1. The van der Waals surface area contributed by atoms with Crippen molar-refractivity contribution in [3.8, 4) is 11.5 Å².